The van der Waals surface area contributed by atoms with Crippen molar-refractivity contribution >= 4 is 5.78 Å². The van der Waals surface area contributed by atoms with E-state index in [-0.39, 0.29) is 5.56 Å². The van der Waals surface area contributed by atoms with Crippen LogP contribution >= 0.6 is 0 Å². The van der Waals surface area contributed by atoms with Crippen molar-refractivity contribution in [3.05, 3.63) is 52.1 Å². The second-order valence-electron chi connectivity index (χ2n) is 4.41. The van der Waals surface area contributed by atoms with Gasteiger partial charge in [-0.05, 0) is 6.92 Å². The summed E-state index contributed by atoms with van der Waals surface area (Å²) < 4.78 is 1.71. The zero-order chi connectivity index (χ0) is 13.4. The topological polar surface area (TPSA) is 63.0 Å². The van der Waals surface area contributed by atoms with Gasteiger partial charge in [0, 0.05) is 17.5 Å². The smallest absolute Gasteiger partial charge is 0.255 e. The Morgan fingerprint density at radius 2 is 2.00 bits per heavy atom. The first-order valence-electron chi connectivity index (χ1n) is 6.24. The maximum Gasteiger partial charge on any atom is 0.255 e. The minimum atomic E-state index is -0.124. The first kappa shape index (κ1) is 11.6. The number of H-pyrrole nitrogens is 1. The summed E-state index contributed by atoms with van der Waals surface area (Å²) in [5, 5.41) is 4.44. The van der Waals surface area contributed by atoms with Gasteiger partial charge in [-0.2, -0.15) is 9.50 Å². The number of hydrogen-bond acceptors (Lipinski definition) is 3. The molecule has 0 aliphatic rings. The number of nitrogens with zero attached hydrogens (tertiary/aromatic N) is 3. The van der Waals surface area contributed by atoms with Gasteiger partial charge in [0.2, 0.25) is 5.78 Å². The van der Waals surface area contributed by atoms with Crippen LogP contribution < -0.4 is 5.56 Å². The van der Waals surface area contributed by atoms with Crippen LogP contribution in [0.3, 0.4) is 0 Å². The Morgan fingerprint density at radius 1 is 1.26 bits per heavy atom. The van der Waals surface area contributed by atoms with Gasteiger partial charge in [-0.15, -0.1) is 5.10 Å². The van der Waals surface area contributed by atoms with E-state index in [0.717, 1.165) is 23.5 Å². The molecule has 96 valence electrons. The molecular formula is C14H14N4O. The van der Waals surface area contributed by atoms with Crippen molar-refractivity contribution in [2.24, 2.45) is 0 Å². The highest BCUT2D eigenvalue weighted by molar-refractivity contribution is 5.64. The molecule has 0 aliphatic heterocycles. The van der Waals surface area contributed by atoms with E-state index in [9.17, 15) is 4.79 Å². The lowest BCUT2D eigenvalue weighted by Gasteiger charge is -2.06. The van der Waals surface area contributed by atoms with Crippen molar-refractivity contribution in [1.82, 2.24) is 19.6 Å². The first-order valence-corrected chi connectivity index (χ1v) is 6.24. The molecule has 2 heterocycles. The molecule has 0 radical (unpaired) electrons. The summed E-state index contributed by atoms with van der Waals surface area (Å²) in [4.78, 5) is 19.1. The lowest BCUT2D eigenvalue weighted by atomic mass is 10.1. The Bertz CT molecular complexity index is 786. The molecule has 0 bridgehead atoms. The standard InChI is InChI=1S/C14H14N4O/c1-3-11-15-14-16-13(19)9(2)12(18(14)17-11)10-7-5-4-6-8-10/h4-8H,3H2,1-2H3,(H,15,16,17,19). The van der Waals surface area contributed by atoms with Gasteiger partial charge in [-0.3, -0.25) is 9.78 Å². The summed E-state index contributed by atoms with van der Waals surface area (Å²) in [6.45, 7) is 3.79. The molecule has 0 saturated heterocycles. The van der Waals surface area contributed by atoms with Crippen molar-refractivity contribution in [3.8, 4) is 11.3 Å². The predicted octanol–water partition coefficient (Wildman–Crippen LogP) is 1.96. The highest BCUT2D eigenvalue weighted by atomic mass is 16.1. The molecule has 19 heavy (non-hydrogen) atoms. The number of aromatic nitrogens is 4. The van der Waals surface area contributed by atoms with Crippen LogP contribution in [0.4, 0.5) is 0 Å². The molecule has 0 atom stereocenters. The van der Waals surface area contributed by atoms with Gasteiger partial charge in [0.05, 0.1) is 5.69 Å². The Hall–Kier alpha value is -2.43. The van der Waals surface area contributed by atoms with Crippen molar-refractivity contribution in [3.63, 3.8) is 0 Å². The van der Waals surface area contributed by atoms with Gasteiger partial charge in [-0.25, -0.2) is 0 Å². The van der Waals surface area contributed by atoms with Gasteiger partial charge < -0.3 is 0 Å². The molecule has 0 spiro atoms. The SMILES string of the molecule is CCc1nc2[nH]c(=O)c(C)c(-c3ccccc3)n2n1. The summed E-state index contributed by atoms with van der Waals surface area (Å²) in [6.07, 6.45) is 0.733. The van der Waals surface area contributed by atoms with E-state index in [0.29, 0.717) is 11.3 Å². The molecule has 1 aromatic carbocycles. The average Bonchev–Trinajstić information content (AvgIpc) is 2.83. The molecule has 0 fully saturated rings. The van der Waals surface area contributed by atoms with E-state index in [1.807, 2.05) is 37.3 Å². The van der Waals surface area contributed by atoms with Crippen molar-refractivity contribution in [2.75, 3.05) is 0 Å². The number of aromatic amines is 1. The van der Waals surface area contributed by atoms with Gasteiger partial charge in [0.15, 0.2) is 5.82 Å². The van der Waals surface area contributed by atoms with Crippen LogP contribution in [-0.4, -0.2) is 19.6 Å². The molecular weight excluding hydrogens is 240 g/mol. The molecule has 0 saturated carbocycles. The Kier molecular flexibility index (Phi) is 2.67. The lowest BCUT2D eigenvalue weighted by Crippen LogP contribution is -2.15. The number of rotatable bonds is 2. The molecule has 5 nitrogen and oxygen atoms in total. The van der Waals surface area contributed by atoms with Crippen LogP contribution in [0.1, 0.15) is 18.3 Å². The Labute approximate surface area is 109 Å². The second kappa shape index (κ2) is 4.35. The van der Waals surface area contributed by atoms with E-state index in [2.05, 4.69) is 15.1 Å². The zero-order valence-electron chi connectivity index (χ0n) is 10.8. The zero-order valence-corrected chi connectivity index (χ0v) is 10.8. The van der Waals surface area contributed by atoms with Crippen LogP contribution in [0.2, 0.25) is 0 Å². The number of nitrogens with one attached hydrogen (secondary N) is 1. The molecule has 5 heteroatoms. The largest absolute Gasteiger partial charge is 0.290 e. The van der Waals surface area contributed by atoms with Gasteiger partial charge in [-0.1, -0.05) is 37.3 Å². The van der Waals surface area contributed by atoms with Crippen LogP contribution in [0.15, 0.2) is 35.1 Å². The fraction of sp³-hybridized carbons (Fsp3) is 0.214. The summed E-state index contributed by atoms with van der Waals surface area (Å²) in [5.41, 5.74) is 2.28. The monoisotopic (exact) mass is 254 g/mol. The summed E-state index contributed by atoms with van der Waals surface area (Å²) in [6, 6.07) is 9.77. The number of hydrogen-bond donors (Lipinski definition) is 1. The third kappa shape index (κ3) is 1.83. The van der Waals surface area contributed by atoms with E-state index in [1.165, 1.54) is 0 Å². The summed E-state index contributed by atoms with van der Waals surface area (Å²) >= 11 is 0. The van der Waals surface area contributed by atoms with Crippen LogP contribution in [0.5, 0.6) is 0 Å². The third-order valence-corrected chi connectivity index (χ3v) is 3.15. The van der Waals surface area contributed by atoms with Crippen LogP contribution in [0.25, 0.3) is 17.0 Å². The fourth-order valence-corrected chi connectivity index (χ4v) is 2.14. The summed E-state index contributed by atoms with van der Waals surface area (Å²) in [5.74, 6) is 1.21. The highest BCUT2D eigenvalue weighted by Gasteiger charge is 2.14. The van der Waals surface area contributed by atoms with Gasteiger partial charge >= 0.3 is 0 Å². The van der Waals surface area contributed by atoms with Crippen molar-refractivity contribution in [1.29, 1.82) is 0 Å². The Balaban J connectivity index is 2.41. The number of fused-ring (bicyclic) bond motifs is 1. The van der Waals surface area contributed by atoms with Crippen LogP contribution in [-0.2, 0) is 6.42 Å². The Morgan fingerprint density at radius 3 is 2.68 bits per heavy atom. The van der Waals surface area contributed by atoms with Crippen LogP contribution in [0, 0.1) is 6.92 Å². The fourth-order valence-electron chi connectivity index (χ4n) is 2.14. The molecule has 0 aliphatic carbocycles. The maximum atomic E-state index is 12.0. The molecule has 3 rings (SSSR count). The maximum absolute atomic E-state index is 12.0. The van der Waals surface area contributed by atoms with E-state index < -0.39 is 0 Å². The van der Waals surface area contributed by atoms with E-state index in [4.69, 9.17) is 0 Å². The van der Waals surface area contributed by atoms with Gasteiger partial charge in [0.25, 0.3) is 5.56 Å². The van der Waals surface area contributed by atoms with E-state index >= 15 is 0 Å². The average molecular weight is 254 g/mol. The van der Waals surface area contributed by atoms with Crippen molar-refractivity contribution in [2.45, 2.75) is 20.3 Å². The summed E-state index contributed by atoms with van der Waals surface area (Å²) in [7, 11) is 0. The number of benzene rings is 1. The molecule has 1 N–H and O–H groups in total. The minimum absolute atomic E-state index is 0.124. The predicted molar refractivity (Wildman–Crippen MR) is 73.2 cm³/mol. The normalized spacial score (nSPS) is 11.1. The third-order valence-electron chi connectivity index (χ3n) is 3.15. The lowest BCUT2D eigenvalue weighted by molar-refractivity contribution is 0.876. The molecule has 2 aromatic heterocycles. The minimum Gasteiger partial charge on any atom is -0.290 e. The highest BCUT2D eigenvalue weighted by Crippen LogP contribution is 2.20. The molecule has 3 aromatic rings. The van der Waals surface area contributed by atoms with Crippen molar-refractivity contribution < 1.29 is 0 Å². The quantitative estimate of drug-likeness (QED) is 0.760. The van der Waals surface area contributed by atoms with Gasteiger partial charge in [0.1, 0.15) is 0 Å². The molecule has 0 amide bonds. The first-order chi connectivity index (χ1) is 9.20. The second-order valence-corrected chi connectivity index (χ2v) is 4.41. The van der Waals surface area contributed by atoms with E-state index in [1.54, 1.807) is 11.4 Å². The number of aryl methyl sites for hydroxylation is 1. The molecule has 0 unspecified atom stereocenters.